The number of aromatic nitrogens is 4. The van der Waals surface area contributed by atoms with Gasteiger partial charge >= 0.3 is 0 Å². The van der Waals surface area contributed by atoms with E-state index in [4.69, 9.17) is 16.2 Å². The van der Waals surface area contributed by atoms with Crippen LogP contribution in [0.25, 0.3) is 11.0 Å². The second-order valence-corrected chi connectivity index (χ2v) is 8.38. The van der Waals surface area contributed by atoms with Crippen molar-refractivity contribution in [2.45, 2.75) is 11.4 Å². The van der Waals surface area contributed by atoms with Gasteiger partial charge in [0.2, 0.25) is 0 Å². The lowest BCUT2D eigenvalue weighted by molar-refractivity contribution is 0.562. The number of hydrogen-bond donors (Lipinski definition) is 2. The number of halogens is 1. The van der Waals surface area contributed by atoms with Crippen molar-refractivity contribution >= 4 is 49.6 Å². The lowest BCUT2D eigenvalue weighted by atomic mass is 10.3. The Morgan fingerprint density at radius 1 is 1.23 bits per heavy atom. The Bertz CT molecular complexity index is 1100. The van der Waals surface area contributed by atoms with Crippen LogP contribution in [0.3, 0.4) is 0 Å². The van der Waals surface area contributed by atoms with Crippen LogP contribution in [-0.4, -0.2) is 42.5 Å². The summed E-state index contributed by atoms with van der Waals surface area (Å²) in [7, 11) is -2.45. The highest BCUT2D eigenvalue weighted by atomic mass is 35.5. The first kappa shape index (κ1) is 18.7. The molecule has 2 aromatic heterocycles. The van der Waals surface area contributed by atoms with Crippen molar-refractivity contribution in [2.75, 3.05) is 10.5 Å². The van der Waals surface area contributed by atoms with Gasteiger partial charge < -0.3 is 9.12 Å². The number of nitrogens with one attached hydrogen (secondary N) is 1. The summed E-state index contributed by atoms with van der Waals surface area (Å²) in [6, 6.07) is 6.91. The van der Waals surface area contributed by atoms with Gasteiger partial charge in [0, 0.05) is 19.7 Å². The normalized spacial score (nSPS) is 13.0. The van der Waals surface area contributed by atoms with E-state index < -0.39 is 21.1 Å². The highest BCUT2D eigenvalue weighted by molar-refractivity contribution is 7.92. The van der Waals surface area contributed by atoms with Crippen LogP contribution in [0.1, 0.15) is 5.82 Å². The number of para-hydroxylation sites is 2. The molecule has 26 heavy (non-hydrogen) atoms. The van der Waals surface area contributed by atoms with Crippen molar-refractivity contribution in [3.8, 4) is 0 Å². The van der Waals surface area contributed by atoms with E-state index in [1.165, 1.54) is 10.8 Å². The third kappa shape index (κ3) is 4.01. The Hall–Kier alpha value is -2.08. The Labute approximate surface area is 156 Å². The number of anilines is 1. The molecule has 1 aromatic carbocycles. The minimum absolute atomic E-state index is 0.0419. The van der Waals surface area contributed by atoms with Crippen LogP contribution in [0.2, 0.25) is 5.15 Å². The van der Waals surface area contributed by atoms with Gasteiger partial charge in [-0.3, -0.25) is 4.72 Å². The third-order valence-corrected chi connectivity index (χ3v) is 5.51. The third-order valence-electron chi connectivity index (χ3n) is 3.49. The molecule has 9 nitrogen and oxygen atoms in total. The van der Waals surface area contributed by atoms with Crippen molar-refractivity contribution < 1.29 is 17.2 Å². The molecule has 0 saturated heterocycles. The number of nitrogens with zero attached hydrogens (tertiary/aromatic N) is 4. The maximum atomic E-state index is 12.6. The first-order chi connectivity index (χ1) is 12.3. The average molecular weight is 416 g/mol. The predicted octanol–water partition coefficient (Wildman–Crippen LogP) is 1.58. The zero-order chi connectivity index (χ0) is 18.9. The van der Waals surface area contributed by atoms with Crippen LogP contribution in [0, 0.1) is 0 Å². The lowest BCUT2D eigenvalue weighted by Gasteiger charge is -2.07. The number of benzene rings is 1. The van der Waals surface area contributed by atoms with E-state index in [2.05, 4.69) is 19.7 Å². The van der Waals surface area contributed by atoms with E-state index >= 15 is 0 Å². The van der Waals surface area contributed by atoms with Gasteiger partial charge in [-0.1, -0.05) is 23.7 Å². The number of sulfonamides is 1. The molecule has 3 aromatic rings. The number of imidazole rings is 1. The van der Waals surface area contributed by atoms with Gasteiger partial charge in [0.25, 0.3) is 10.0 Å². The summed E-state index contributed by atoms with van der Waals surface area (Å²) in [6.07, 6.45) is 1.46. The Kier molecular flexibility index (Phi) is 5.23. The molecule has 0 amide bonds. The molecule has 1 atom stereocenters. The molecular formula is C14H14ClN5O4S2. The van der Waals surface area contributed by atoms with Gasteiger partial charge in [0.15, 0.2) is 27.1 Å². The summed E-state index contributed by atoms with van der Waals surface area (Å²) in [4.78, 5) is 12.3. The maximum Gasteiger partial charge on any atom is 0.282 e. The number of fused-ring (bicyclic) bond motifs is 1. The molecule has 0 aliphatic rings. The van der Waals surface area contributed by atoms with E-state index in [-0.39, 0.29) is 28.2 Å². The molecule has 0 bridgehead atoms. The van der Waals surface area contributed by atoms with Crippen LogP contribution in [0.4, 0.5) is 5.82 Å². The largest absolute Gasteiger partial charge is 0.337 e. The van der Waals surface area contributed by atoms with E-state index in [1.54, 1.807) is 31.3 Å². The van der Waals surface area contributed by atoms with Crippen LogP contribution >= 0.6 is 11.6 Å². The van der Waals surface area contributed by atoms with Crippen molar-refractivity contribution in [3.05, 3.63) is 41.4 Å². The molecule has 3 rings (SSSR count). The van der Waals surface area contributed by atoms with E-state index in [1.807, 2.05) is 0 Å². The fourth-order valence-electron chi connectivity index (χ4n) is 2.24. The second-order valence-electron chi connectivity index (χ2n) is 5.34. The van der Waals surface area contributed by atoms with Crippen molar-refractivity contribution in [2.24, 2.45) is 7.05 Å². The Morgan fingerprint density at radius 2 is 1.88 bits per heavy atom. The fraction of sp³-hybridized carbons (Fsp3) is 0.214. The van der Waals surface area contributed by atoms with Crippen LogP contribution in [0.15, 0.2) is 35.5 Å². The van der Waals surface area contributed by atoms with Crippen LogP contribution < -0.4 is 4.72 Å². The molecule has 1 unspecified atom stereocenters. The predicted molar refractivity (Wildman–Crippen MR) is 97.9 cm³/mol. The highest BCUT2D eigenvalue weighted by Crippen LogP contribution is 2.23. The first-order valence-corrected chi connectivity index (χ1v) is 10.4. The first-order valence-electron chi connectivity index (χ1n) is 7.31. The van der Waals surface area contributed by atoms with E-state index in [0.29, 0.717) is 16.9 Å². The number of aryl methyl sites for hydroxylation is 2. The van der Waals surface area contributed by atoms with E-state index in [0.717, 1.165) is 0 Å². The molecule has 0 aliphatic heterocycles. The summed E-state index contributed by atoms with van der Waals surface area (Å²) in [6.45, 7) is 0. The quantitative estimate of drug-likeness (QED) is 0.585. The smallest absolute Gasteiger partial charge is 0.282 e. The zero-order valence-electron chi connectivity index (χ0n) is 13.5. The SMILES string of the molecule is Cn1cc(S(=O)(=O)Nc2nc3ccccc3nc2Cl)nc1CCS(=O)O. The van der Waals surface area contributed by atoms with Crippen molar-refractivity contribution in [1.29, 1.82) is 0 Å². The Balaban J connectivity index is 1.91. The molecule has 2 heterocycles. The summed E-state index contributed by atoms with van der Waals surface area (Å²) in [5.41, 5.74) is 1.03. The monoisotopic (exact) mass is 415 g/mol. The molecule has 0 saturated carbocycles. The van der Waals surface area contributed by atoms with Gasteiger partial charge in [-0.05, 0) is 12.1 Å². The van der Waals surface area contributed by atoms with Crippen molar-refractivity contribution in [1.82, 2.24) is 19.5 Å². The highest BCUT2D eigenvalue weighted by Gasteiger charge is 2.22. The van der Waals surface area contributed by atoms with Gasteiger partial charge in [-0.25, -0.2) is 19.2 Å². The molecule has 0 spiro atoms. The molecule has 138 valence electrons. The van der Waals surface area contributed by atoms with Gasteiger partial charge in [-0.15, -0.1) is 0 Å². The van der Waals surface area contributed by atoms with E-state index in [9.17, 15) is 12.6 Å². The molecule has 12 heteroatoms. The zero-order valence-corrected chi connectivity index (χ0v) is 15.8. The molecule has 2 N–H and O–H groups in total. The standard InChI is InChI=1S/C14H14ClN5O4S2/c1-20-8-12(18-11(20)6-7-25(21)22)26(23,24)19-14-13(15)16-9-4-2-3-5-10(9)17-14/h2-5,8H,6-7H2,1H3,(H,17,19)(H,21,22). The van der Waals surface area contributed by atoms with Gasteiger partial charge in [0.1, 0.15) is 5.82 Å². The maximum absolute atomic E-state index is 12.6. The fourth-order valence-corrected chi connectivity index (χ4v) is 3.86. The molecule has 0 radical (unpaired) electrons. The van der Waals surface area contributed by atoms with Crippen LogP contribution in [0.5, 0.6) is 0 Å². The topological polar surface area (TPSA) is 127 Å². The average Bonchev–Trinajstić information content (AvgIpc) is 2.95. The number of rotatable bonds is 6. The van der Waals surface area contributed by atoms with Gasteiger partial charge in [0.05, 0.1) is 16.8 Å². The summed E-state index contributed by atoms with van der Waals surface area (Å²) < 4.78 is 48.5. The lowest BCUT2D eigenvalue weighted by Crippen LogP contribution is -2.15. The van der Waals surface area contributed by atoms with Gasteiger partial charge in [-0.2, -0.15) is 8.42 Å². The minimum Gasteiger partial charge on any atom is -0.337 e. The minimum atomic E-state index is -4.05. The second kappa shape index (κ2) is 7.27. The molecular weight excluding hydrogens is 402 g/mol. The number of hydrogen-bond acceptors (Lipinski definition) is 6. The summed E-state index contributed by atoms with van der Waals surface area (Å²) >= 11 is 4.04. The molecule has 0 aliphatic carbocycles. The molecule has 0 fully saturated rings. The summed E-state index contributed by atoms with van der Waals surface area (Å²) in [5, 5.41) is -0.330. The van der Waals surface area contributed by atoms with Crippen molar-refractivity contribution in [3.63, 3.8) is 0 Å². The van der Waals surface area contributed by atoms with Crippen LogP contribution in [-0.2, 0) is 34.6 Å². The summed E-state index contributed by atoms with van der Waals surface area (Å²) in [5.74, 6) is 0.220. The Morgan fingerprint density at radius 3 is 2.54 bits per heavy atom.